The minimum Gasteiger partial charge on any atom is -0.329 e. The molecule has 0 aromatic heterocycles. The van der Waals surface area contributed by atoms with Crippen LogP contribution in [0.2, 0.25) is 0 Å². The molecule has 4 aliphatic carbocycles. The molecule has 0 N–H and O–H groups in total. The highest BCUT2D eigenvalue weighted by Crippen LogP contribution is 2.54. The quantitative estimate of drug-likeness (QED) is 0.137. The highest BCUT2D eigenvalue weighted by Gasteiger charge is 2.41. The zero-order valence-electron chi connectivity index (χ0n) is 41.9. The van der Waals surface area contributed by atoms with Gasteiger partial charge in [-0.1, -0.05) is 176 Å². The third-order valence-corrected chi connectivity index (χ3v) is 15.3. The van der Waals surface area contributed by atoms with Crippen molar-refractivity contribution < 1.29 is 0 Å². The molecule has 0 heterocycles. The van der Waals surface area contributed by atoms with Crippen molar-refractivity contribution in [2.45, 2.75) is 33.7 Å². The lowest BCUT2D eigenvalue weighted by atomic mass is 9.67. The summed E-state index contributed by atoms with van der Waals surface area (Å²) in [4.78, 5) is 4.72. The molecule has 0 saturated heterocycles. The lowest BCUT2D eigenvalue weighted by Crippen LogP contribution is -2.38. The second kappa shape index (κ2) is 18.9. The minimum absolute atomic E-state index is 0.111. The molecule has 2 unspecified atom stereocenters. The first-order chi connectivity index (χ1) is 36.3. The fourth-order valence-corrected chi connectivity index (χ4v) is 11.7. The highest BCUT2D eigenvalue weighted by molar-refractivity contribution is 5.93. The Hall–Kier alpha value is -9.48. The van der Waals surface area contributed by atoms with Crippen molar-refractivity contribution in [3.63, 3.8) is 0 Å². The van der Waals surface area contributed by atoms with E-state index in [0.29, 0.717) is 11.1 Å². The summed E-state index contributed by atoms with van der Waals surface area (Å²) in [5.74, 6) is -0.111. The van der Waals surface area contributed by atoms with Gasteiger partial charge in [0, 0.05) is 22.7 Å². The monoisotopic (exact) mass is 948 g/mol. The van der Waals surface area contributed by atoms with Gasteiger partial charge in [0.15, 0.2) is 0 Å². The van der Waals surface area contributed by atoms with Gasteiger partial charge < -0.3 is 9.80 Å². The van der Waals surface area contributed by atoms with Gasteiger partial charge in [-0.05, 0) is 166 Å². The smallest absolute Gasteiger partial charge is 0.101 e. The van der Waals surface area contributed by atoms with Gasteiger partial charge in [0.2, 0.25) is 0 Å². The number of aryl methyl sites for hydroxylation is 4. The average Bonchev–Trinajstić information content (AvgIpc) is 3.44. The summed E-state index contributed by atoms with van der Waals surface area (Å²) in [7, 11) is 0. The van der Waals surface area contributed by atoms with Crippen molar-refractivity contribution in [1.82, 2.24) is 0 Å². The molecular formula is C70H52N4. The summed E-state index contributed by atoms with van der Waals surface area (Å²) < 4.78 is 0. The summed E-state index contributed by atoms with van der Waals surface area (Å²) in [5, 5.41) is 21.7. The highest BCUT2D eigenvalue weighted by atomic mass is 15.2. The molecular weight excluding hydrogens is 897 g/mol. The van der Waals surface area contributed by atoms with Crippen molar-refractivity contribution in [3.05, 3.63) is 298 Å². The van der Waals surface area contributed by atoms with E-state index in [1.807, 2.05) is 36.4 Å². The molecule has 2 atom stereocenters. The summed E-state index contributed by atoms with van der Waals surface area (Å²) in [6.45, 7) is 8.69. The fraction of sp³-hybridized carbons (Fsp3) is 0.0857. The summed E-state index contributed by atoms with van der Waals surface area (Å²) in [6.07, 6.45) is 18.3. The Morgan fingerprint density at radius 1 is 0.419 bits per heavy atom. The van der Waals surface area contributed by atoms with Crippen LogP contribution in [0.15, 0.2) is 264 Å². The zero-order valence-corrected chi connectivity index (χ0v) is 41.9. The molecule has 0 radical (unpaired) electrons. The molecule has 0 amide bonds. The Kier molecular flexibility index (Phi) is 11.7. The normalized spacial score (nSPS) is 16.0. The minimum atomic E-state index is -0.285. The number of benzene rings is 8. The third-order valence-electron chi connectivity index (χ3n) is 15.3. The number of hydrogen-bond acceptors (Lipinski definition) is 4. The summed E-state index contributed by atoms with van der Waals surface area (Å²) in [6, 6.07) is 68.8. The number of para-hydroxylation sites is 2. The predicted octanol–water partition coefficient (Wildman–Crippen LogP) is 17.4. The van der Waals surface area contributed by atoms with Crippen LogP contribution in [0.4, 0.5) is 22.7 Å². The molecule has 0 saturated carbocycles. The molecule has 4 aliphatic rings. The number of rotatable bonds is 10. The molecule has 4 nitrogen and oxygen atoms in total. The summed E-state index contributed by atoms with van der Waals surface area (Å²) in [5.41, 5.74) is 25.6. The van der Waals surface area contributed by atoms with Gasteiger partial charge in [-0.3, -0.25) is 0 Å². The molecule has 12 rings (SSSR count). The zero-order chi connectivity index (χ0) is 50.5. The van der Waals surface area contributed by atoms with Gasteiger partial charge in [0.1, 0.15) is 12.1 Å². The number of allylic oxidation sites excluding steroid dienone is 10. The van der Waals surface area contributed by atoms with Crippen molar-refractivity contribution >= 4 is 22.7 Å². The van der Waals surface area contributed by atoms with Crippen LogP contribution in [0.3, 0.4) is 0 Å². The van der Waals surface area contributed by atoms with Crippen LogP contribution < -0.4 is 9.80 Å². The van der Waals surface area contributed by atoms with E-state index in [1.54, 1.807) is 0 Å². The van der Waals surface area contributed by atoms with Crippen molar-refractivity contribution in [1.29, 1.82) is 10.5 Å². The molecule has 4 heteroatoms. The lowest BCUT2D eigenvalue weighted by molar-refractivity contribution is 0.773. The maximum atomic E-state index is 10.9. The Labute approximate surface area is 434 Å². The van der Waals surface area contributed by atoms with Crippen LogP contribution in [0, 0.1) is 56.3 Å². The van der Waals surface area contributed by atoms with Gasteiger partial charge in [0.05, 0.1) is 39.9 Å². The first-order valence-corrected chi connectivity index (χ1v) is 25.4. The van der Waals surface area contributed by atoms with Gasteiger partial charge in [-0.2, -0.15) is 10.5 Å². The van der Waals surface area contributed by atoms with Gasteiger partial charge in [-0.15, -0.1) is 0 Å². The molecule has 352 valence electrons. The Bertz CT molecular complexity index is 3950. The van der Waals surface area contributed by atoms with Crippen LogP contribution in [-0.2, 0) is 0 Å². The third kappa shape index (κ3) is 7.77. The van der Waals surface area contributed by atoms with E-state index in [1.165, 1.54) is 50.1 Å². The first-order valence-electron chi connectivity index (χ1n) is 25.4. The van der Waals surface area contributed by atoms with Crippen molar-refractivity contribution in [2.75, 3.05) is 9.80 Å². The van der Waals surface area contributed by atoms with E-state index in [2.05, 4.69) is 244 Å². The lowest BCUT2D eigenvalue weighted by Gasteiger charge is -2.44. The van der Waals surface area contributed by atoms with Crippen LogP contribution in [0.25, 0.3) is 44.5 Å². The van der Waals surface area contributed by atoms with Crippen LogP contribution in [-0.4, -0.2) is 6.04 Å². The SMILES string of the molecule is Cc1ccccc1-c1ccc(N(C2=C3C=CC4=C5C(=CC=C(C=C2)C35)C(N(c2ccccc2C#N)c2ccc(-c3ccccc3C)cc2-c2ccccc2C)C=C4)c2ccccc2C#N)c(-c2ccccc2C)c1. The van der Waals surface area contributed by atoms with E-state index in [4.69, 9.17) is 0 Å². The van der Waals surface area contributed by atoms with Crippen LogP contribution in [0.1, 0.15) is 33.4 Å². The van der Waals surface area contributed by atoms with Crippen molar-refractivity contribution in [2.24, 2.45) is 5.92 Å². The fourth-order valence-electron chi connectivity index (χ4n) is 11.7. The van der Waals surface area contributed by atoms with Crippen LogP contribution >= 0.6 is 0 Å². The second-order valence-corrected chi connectivity index (χ2v) is 19.6. The Morgan fingerprint density at radius 2 is 0.919 bits per heavy atom. The largest absolute Gasteiger partial charge is 0.329 e. The van der Waals surface area contributed by atoms with Crippen LogP contribution in [0.5, 0.6) is 0 Å². The molecule has 8 aromatic carbocycles. The number of nitrogens with zero attached hydrogens (tertiary/aromatic N) is 4. The predicted molar refractivity (Wildman–Crippen MR) is 305 cm³/mol. The van der Waals surface area contributed by atoms with Gasteiger partial charge in [0.25, 0.3) is 0 Å². The Morgan fingerprint density at radius 3 is 1.50 bits per heavy atom. The molecule has 74 heavy (non-hydrogen) atoms. The maximum Gasteiger partial charge on any atom is 0.101 e. The van der Waals surface area contributed by atoms with E-state index in [-0.39, 0.29) is 12.0 Å². The van der Waals surface area contributed by atoms with E-state index < -0.39 is 0 Å². The van der Waals surface area contributed by atoms with E-state index in [9.17, 15) is 10.5 Å². The van der Waals surface area contributed by atoms with Gasteiger partial charge >= 0.3 is 0 Å². The molecule has 0 fully saturated rings. The van der Waals surface area contributed by atoms with E-state index in [0.717, 1.165) is 73.0 Å². The molecule has 0 spiro atoms. The molecule has 0 bridgehead atoms. The Balaban J connectivity index is 1.05. The van der Waals surface area contributed by atoms with Gasteiger partial charge in [-0.25, -0.2) is 0 Å². The average molecular weight is 949 g/mol. The maximum absolute atomic E-state index is 10.9. The summed E-state index contributed by atoms with van der Waals surface area (Å²) >= 11 is 0. The standard InChI is InChI=1S/C70H52N4/c1-45-17-5-11-23-55(45)51-33-39-67(61(41-51)57-25-13-7-19-47(57)3)73(63-27-15-9-21-53(63)43-71)65-37-31-49-30-36-60-66(38-32-50-29-35-59(65)69(49)70(50)60)74(64-28-16-10-22-54(64)44-72)68-40-34-52(56-24-12-6-18-46(56)2)42-62(68)58-26-14-8-20-48(58)4/h5-42,65,70H,1-4H3. The topological polar surface area (TPSA) is 54.1 Å². The number of anilines is 4. The second-order valence-electron chi connectivity index (χ2n) is 19.6. The van der Waals surface area contributed by atoms with E-state index >= 15 is 0 Å². The molecule has 8 aromatic rings. The number of hydrogen-bond donors (Lipinski definition) is 0. The number of nitriles is 2. The first kappa shape index (κ1) is 45.6. The van der Waals surface area contributed by atoms with Crippen molar-refractivity contribution in [3.8, 4) is 56.6 Å². The molecule has 0 aliphatic heterocycles.